The van der Waals surface area contributed by atoms with E-state index in [-0.39, 0.29) is 32.6 Å². The number of halogens is 2. The standard InChI is InChI=1S/C19H14F2N2O3S/c1-10(2)27(25,26)18-4-3-11(9-22)5-13(18)15-8-17(24)19-14(21)6-12(20)7-16(19)23-15/h3-8,10H,1-2H3,(H,23,24). The number of hydrogen-bond donors (Lipinski definition) is 1. The van der Waals surface area contributed by atoms with Crippen molar-refractivity contribution < 1.29 is 17.2 Å². The minimum Gasteiger partial charge on any atom is -0.354 e. The van der Waals surface area contributed by atoms with Crippen LogP contribution >= 0.6 is 0 Å². The molecule has 5 nitrogen and oxygen atoms in total. The molecule has 3 rings (SSSR count). The highest BCUT2D eigenvalue weighted by Crippen LogP contribution is 2.30. The summed E-state index contributed by atoms with van der Waals surface area (Å²) in [4.78, 5) is 15.0. The molecule has 0 aliphatic rings. The van der Waals surface area contributed by atoms with Crippen LogP contribution in [0.3, 0.4) is 0 Å². The molecule has 0 saturated heterocycles. The van der Waals surface area contributed by atoms with E-state index in [2.05, 4.69) is 4.98 Å². The van der Waals surface area contributed by atoms with Crippen molar-refractivity contribution in [2.24, 2.45) is 0 Å². The number of benzene rings is 2. The Morgan fingerprint density at radius 3 is 2.44 bits per heavy atom. The molecule has 3 aromatic rings. The molecule has 1 N–H and O–H groups in total. The normalized spacial score (nSPS) is 11.7. The van der Waals surface area contributed by atoms with E-state index in [4.69, 9.17) is 5.26 Å². The molecule has 0 amide bonds. The first-order chi connectivity index (χ1) is 12.6. The molecule has 27 heavy (non-hydrogen) atoms. The Kier molecular flexibility index (Phi) is 4.57. The van der Waals surface area contributed by atoms with Crippen molar-refractivity contribution in [1.29, 1.82) is 5.26 Å². The summed E-state index contributed by atoms with van der Waals surface area (Å²) in [5.74, 6) is -1.90. The van der Waals surface area contributed by atoms with Crippen LogP contribution in [0.1, 0.15) is 19.4 Å². The third-order valence-electron chi connectivity index (χ3n) is 4.17. The van der Waals surface area contributed by atoms with Crippen LogP contribution in [0, 0.1) is 23.0 Å². The van der Waals surface area contributed by atoms with Crippen molar-refractivity contribution in [2.75, 3.05) is 0 Å². The second kappa shape index (κ2) is 6.59. The van der Waals surface area contributed by atoms with Gasteiger partial charge in [-0.25, -0.2) is 17.2 Å². The van der Waals surface area contributed by atoms with Crippen molar-refractivity contribution in [3.05, 3.63) is 63.8 Å². The predicted octanol–water partition coefficient (Wildman–Crippen LogP) is 3.53. The molecule has 0 radical (unpaired) electrons. The van der Waals surface area contributed by atoms with E-state index >= 15 is 0 Å². The van der Waals surface area contributed by atoms with Crippen LogP contribution in [0.25, 0.3) is 22.2 Å². The summed E-state index contributed by atoms with van der Waals surface area (Å²) in [7, 11) is -3.74. The van der Waals surface area contributed by atoms with Gasteiger partial charge in [-0.05, 0) is 38.1 Å². The zero-order valence-corrected chi connectivity index (χ0v) is 15.2. The number of rotatable bonds is 3. The Morgan fingerprint density at radius 1 is 1.11 bits per heavy atom. The van der Waals surface area contributed by atoms with Gasteiger partial charge in [-0.3, -0.25) is 4.79 Å². The lowest BCUT2D eigenvalue weighted by Gasteiger charge is -2.14. The maximum Gasteiger partial charge on any atom is 0.192 e. The molecule has 0 fully saturated rings. The van der Waals surface area contributed by atoms with E-state index < -0.39 is 32.2 Å². The molecule has 1 heterocycles. The number of pyridine rings is 1. The maximum absolute atomic E-state index is 13.9. The number of nitrogens with zero attached hydrogens (tertiary/aromatic N) is 1. The van der Waals surface area contributed by atoms with Crippen molar-refractivity contribution in [2.45, 2.75) is 24.0 Å². The number of nitriles is 1. The maximum atomic E-state index is 13.9. The highest BCUT2D eigenvalue weighted by molar-refractivity contribution is 7.92. The molecular weight excluding hydrogens is 374 g/mol. The molecule has 2 aromatic carbocycles. The van der Waals surface area contributed by atoms with Gasteiger partial charge in [0.25, 0.3) is 0 Å². The molecule has 1 aromatic heterocycles. The number of nitrogens with one attached hydrogen (secondary N) is 1. The van der Waals surface area contributed by atoms with Crippen molar-refractivity contribution >= 4 is 20.7 Å². The molecule has 0 spiro atoms. The SMILES string of the molecule is CC(C)S(=O)(=O)c1ccc(C#N)cc1-c1cc(=O)c2c(F)cc(F)cc2[nH]1. The van der Waals surface area contributed by atoms with E-state index in [1.54, 1.807) is 0 Å². The molecule has 0 atom stereocenters. The molecule has 0 aliphatic carbocycles. The van der Waals surface area contributed by atoms with E-state index in [9.17, 15) is 22.0 Å². The number of hydrogen-bond acceptors (Lipinski definition) is 4. The van der Waals surface area contributed by atoms with Crippen LogP contribution < -0.4 is 5.43 Å². The van der Waals surface area contributed by atoms with Gasteiger partial charge in [0.05, 0.1) is 38.4 Å². The summed E-state index contributed by atoms with van der Waals surface area (Å²) in [6, 6.07) is 8.47. The summed E-state index contributed by atoms with van der Waals surface area (Å²) in [6.45, 7) is 3.01. The second-order valence-electron chi connectivity index (χ2n) is 6.27. The number of sulfone groups is 1. The fourth-order valence-electron chi connectivity index (χ4n) is 2.76. The minimum atomic E-state index is -3.74. The second-order valence-corrected chi connectivity index (χ2v) is 8.75. The van der Waals surface area contributed by atoms with Crippen LogP contribution in [0.2, 0.25) is 0 Å². The Labute approximate surface area is 153 Å². The van der Waals surface area contributed by atoms with Crippen molar-refractivity contribution in [3.63, 3.8) is 0 Å². The van der Waals surface area contributed by atoms with E-state index in [1.165, 1.54) is 32.0 Å². The smallest absolute Gasteiger partial charge is 0.192 e. The van der Waals surface area contributed by atoms with Gasteiger partial charge in [0.15, 0.2) is 15.3 Å². The summed E-state index contributed by atoms with van der Waals surface area (Å²) < 4.78 is 52.9. The predicted molar refractivity (Wildman–Crippen MR) is 97.0 cm³/mol. The molecule has 0 bridgehead atoms. The molecule has 0 saturated carbocycles. The third-order valence-corrected chi connectivity index (χ3v) is 6.38. The summed E-state index contributed by atoms with van der Waals surface area (Å²) in [6.07, 6.45) is 0. The largest absolute Gasteiger partial charge is 0.354 e. The third kappa shape index (κ3) is 3.22. The van der Waals surface area contributed by atoms with Crippen molar-refractivity contribution in [3.8, 4) is 17.3 Å². The topological polar surface area (TPSA) is 90.8 Å². The fourth-order valence-corrected chi connectivity index (χ4v) is 4.01. The number of aromatic nitrogens is 1. The number of fused-ring (bicyclic) bond motifs is 1. The lowest BCUT2D eigenvalue weighted by atomic mass is 10.1. The zero-order valence-electron chi connectivity index (χ0n) is 14.4. The van der Waals surface area contributed by atoms with Crippen LogP contribution in [0.5, 0.6) is 0 Å². The summed E-state index contributed by atoms with van der Waals surface area (Å²) in [5.41, 5.74) is -0.518. The van der Waals surface area contributed by atoms with E-state index in [0.29, 0.717) is 6.07 Å². The first-order valence-electron chi connectivity index (χ1n) is 7.95. The first-order valence-corrected chi connectivity index (χ1v) is 9.50. The average Bonchev–Trinajstić information content (AvgIpc) is 2.59. The lowest BCUT2D eigenvalue weighted by molar-refractivity contribution is 0.587. The van der Waals surface area contributed by atoms with Crippen molar-refractivity contribution in [1.82, 2.24) is 4.98 Å². The Hall–Kier alpha value is -3.05. The van der Waals surface area contributed by atoms with Gasteiger partial charge in [0.1, 0.15) is 11.6 Å². The van der Waals surface area contributed by atoms with Gasteiger partial charge in [-0.1, -0.05) is 0 Å². The quantitative estimate of drug-likeness (QED) is 0.743. The average molecular weight is 388 g/mol. The minimum absolute atomic E-state index is 0.0498. The van der Waals surface area contributed by atoms with Gasteiger partial charge in [0.2, 0.25) is 0 Å². The highest BCUT2D eigenvalue weighted by atomic mass is 32.2. The summed E-state index contributed by atoms with van der Waals surface area (Å²) in [5, 5.41) is 8.07. The molecule has 8 heteroatoms. The molecule has 0 unspecified atom stereocenters. The Bertz CT molecular complexity index is 1270. The Morgan fingerprint density at radius 2 is 1.81 bits per heavy atom. The first kappa shape index (κ1) is 18.7. The van der Waals surface area contributed by atoms with Gasteiger partial charge in [-0.15, -0.1) is 0 Å². The lowest BCUT2D eigenvalue weighted by Crippen LogP contribution is -2.16. The molecule has 0 aliphatic heterocycles. The fraction of sp³-hybridized carbons (Fsp3) is 0.158. The van der Waals surface area contributed by atoms with Crippen LogP contribution in [0.4, 0.5) is 8.78 Å². The number of aromatic amines is 1. The number of H-pyrrole nitrogens is 1. The van der Waals surface area contributed by atoms with Crippen LogP contribution in [-0.2, 0) is 9.84 Å². The zero-order chi connectivity index (χ0) is 19.9. The monoisotopic (exact) mass is 388 g/mol. The van der Waals surface area contributed by atoms with Gasteiger partial charge < -0.3 is 4.98 Å². The van der Waals surface area contributed by atoms with E-state index in [0.717, 1.165) is 12.1 Å². The van der Waals surface area contributed by atoms with E-state index in [1.807, 2.05) is 6.07 Å². The van der Waals surface area contributed by atoms with Crippen LogP contribution in [-0.4, -0.2) is 18.7 Å². The molecular formula is C19H14F2N2O3S. The Balaban J connectivity index is 2.40. The van der Waals surface area contributed by atoms with Gasteiger partial charge in [0, 0.05) is 17.7 Å². The van der Waals surface area contributed by atoms with Gasteiger partial charge >= 0.3 is 0 Å². The van der Waals surface area contributed by atoms with Crippen LogP contribution in [0.15, 0.2) is 46.1 Å². The molecule has 138 valence electrons. The summed E-state index contributed by atoms with van der Waals surface area (Å²) >= 11 is 0. The van der Waals surface area contributed by atoms with Gasteiger partial charge in [-0.2, -0.15) is 5.26 Å². The highest BCUT2D eigenvalue weighted by Gasteiger charge is 2.24.